The minimum absolute atomic E-state index is 0.490. The van der Waals surface area contributed by atoms with Crippen molar-refractivity contribution in [1.82, 2.24) is 0 Å². The zero-order valence-corrected chi connectivity index (χ0v) is 12.6. The van der Waals surface area contributed by atoms with E-state index >= 15 is 0 Å². The third kappa shape index (κ3) is 2.25. The van der Waals surface area contributed by atoms with Crippen molar-refractivity contribution < 1.29 is 0 Å². The molecule has 1 aliphatic rings. The lowest BCUT2D eigenvalue weighted by atomic mass is 10.1. The number of alkyl halides is 1. The van der Waals surface area contributed by atoms with E-state index in [4.69, 9.17) is 0 Å². The number of benzene rings is 1. The first-order valence-electron chi connectivity index (χ1n) is 4.68. The second kappa shape index (κ2) is 4.26. The van der Waals surface area contributed by atoms with Crippen LogP contribution in [0.25, 0.3) is 0 Å². The topological polar surface area (TPSA) is 0 Å². The van der Waals surface area contributed by atoms with E-state index in [0.717, 1.165) is 16.3 Å². The molecule has 0 saturated heterocycles. The van der Waals surface area contributed by atoms with Gasteiger partial charge in [0.15, 0.2) is 0 Å². The van der Waals surface area contributed by atoms with Gasteiger partial charge in [0.2, 0.25) is 0 Å². The molecule has 0 radical (unpaired) electrons. The number of rotatable bonds is 2. The molecule has 1 aromatic carbocycles. The van der Waals surface area contributed by atoms with E-state index in [0.29, 0.717) is 4.83 Å². The molecule has 0 spiro atoms. The molecule has 0 aliphatic heterocycles. The predicted octanol–water partition coefficient (Wildman–Crippen LogP) is 5.30. The van der Waals surface area contributed by atoms with Gasteiger partial charge in [-0.2, -0.15) is 0 Å². The Morgan fingerprint density at radius 2 is 2.00 bits per heavy atom. The lowest BCUT2D eigenvalue weighted by Crippen LogP contribution is -1.95. The Hall–Kier alpha value is 0.660. The van der Waals surface area contributed by atoms with Crippen LogP contribution in [-0.2, 0) is 0 Å². The van der Waals surface area contributed by atoms with Crippen molar-refractivity contribution >= 4 is 47.8 Å². The van der Waals surface area contributed by atoms with Crippen LogP contribution in [0, 0.1) is 11.8 Å². The van der Waals surface area contributed by atoms with Crippen molar-refractivity contribution in [2.75, 3.05) is 0 Å². The minimum Gasteiger partial charge on any atom is -0.0835 e. The lowest BCUT2D eigenvalue weighted by Gasteiger charge is -2.12. The van der Waals surface area contributed by atoms with Crippen LogP contribution in [0.4, 0.5) is 0 Å². The summed E-state index contributed by atoms with van der Waals surface area (Å²) in [6, 6.07) is 6.35. The average molecular weight is 383 g/mol. The van der Waals surface area contributed by atoms with Gasteiger partial charge in [0.25, 0.3) is 0 Å². The second-order valence-corrected chi connectivity index (χ2v) is 6.70. The van der Waals surface area contributed by atoms with Crippen LogP contribution < -0.4 is 0 Å². The zero-order valence-electron chi connectivity index (χ0n) is 7.81. The first kappa shape index (κ1) is 11.2. The Bertz CT molecular complexity index is 348. The minimum atomic E-state index is 0.490. The molecule has 0 aromatic heterocycles. The summed E-state index contributed by atoms with van der Waals surface area (Å²) in [4.78, 5) is 0.490. The molecule has 76 valence electrons. The summed E-state index contributed by atoms with van der Waals surface area (Å²) < 4.78 is 2.34. The number of hydrogen-bond donors (Lipinski definition) is 0. The first-order chi connectivity index (χ1) is 6.59. The van der Waals surface area contributed by atoms with E-state index in [-0.39, 0.29) is 0 Å². The molecule has 14 heavy (non-hydrogen) atoms. The Labute approximate surface area is 110 Å². The van der Waals surface area contributed by atoms with Crippen LogP contribution in [0.2, 0.25) is 0 Å². The van der Waals surface area contributed by atoms with Crippen LogP contribution in [-0.4, -0.2) is 0 Å². The van der Waals surface area contributed by atoms with Crippen molar-refractivity contribution in [3.63, 3.8) is 0 Å². The average Bonchev–Trinajstić information content (AvgIpc) is 2.86. The second-order valence-electron chi connectivity index (χ2n) is 3.94. The zero-order chi connectivity index (χ0) is 10.3. The summed E-state index contributed by atoms with van der Waals surface area (Å²) in [6.07, 6.45) is 1.34. The molecule has 1 fully saturated rings. The van der Waals surface area contributed by atoms with E-state index in [9.17, 15) is 0 Å². The molecule has 3 unspecified atom stereocenters. The van der Waals surface area contributed by atoms with Gasteiger partial charge in [-0.25, -0.2) is 0 Å². The molecule has 3 atom stereocenters. The van der Waals surface area contributed by atoms with Crippen LogP contribution >= 0.6 is 47.8 Å². The molecule has 0 N–H and O–H groups in total. The SMILES string of the molecule is CC1CC1C(Br)c1cc(Br)ccc1Br. The standard InChI is InChI=1S/C11H11Br3/c1-6-4-8(6)11(14)9-5-7(12)2-3-10(9)13/h2-3,5-6,8,11H,4H2,1H3. The predicted molar refractivity (Wildman–Crippen MR) is 70.8 cm³/mol. The Morgan fingerprint density at radius 3 is 2.57 bits per heavy atom. The van der Waals surface area contributed by atoms with Crippen molar-refractivity contribution in [1.29, 1.82) is 0 Å². The Balaban J connectivity index is 2.26. The molecule has 0 amide bonds. The number of hydrogen-bond acceptors (Lipinski definition) is 0. The van der Waals surface area contributed by atoms with E-state index in [1.54, 1.807) is 0 Å². The quantitative estimate of drug-likeness (QED) is 0.608. The summed E-state index contributed by atoms with van der Waals surface area (Å²) >= 11 is 10.9. The largest absolute Gasteiger partial charge is 0.0835 e. The summed E-state index contributed by atoms with van der Waals surface area (Å²) in [5, 5.41) is 0. The fourth-order valence-corrected chi connectivity index (χ4v) is 4.01. The molecule has 1 saturated carbocycles. The van der Waals surface area contributed by atoms with Crippen molar-refractivity contribution in [2.24, 2.45) is 11.8 Å². The maximum atomic E-state index is 3.79. The summed E-state index contributed by atoms with van der Waals surface area (Å²) in [5.74, 6) is 1.67. The van der Waals surface area contributed by atoms with Crippen LogP contribution in [0.5, 0.6) is 0 Å². The maximum absolute atomic E-state index is 3.79. The summed E-state index contributed by atoms with van der Waals surface area (Å²) in [5.41, 5.74) is 1.36. The van der Waals surface area contributed by atoms with E-state index in [1.807, 2.05) is 0 Å². The van der Waals surface area contributed by atoms with Gasteiger partial charge in [-0.05, 0) is 42.0 Å². The smallest absolute Gasteiger partial charge is 0.0437 e. The van der Waals surface area contributed by atoms with Crippen LogP contribution in [0.1, 0.15) is 23.7 Å². The van der Waals surface area contributed by atoms with Crippen molar-refractivity contribution in [2.45, 2.75) is 18.2 Å². The third-order valence-corrected chi connectivity index (χ3v) is 5.19. The van der Waals surface area contributed by atoms with Crippen molar-refractivity contribution in [3.05, 3.63) is 32.7 Å². The molecular weight excluding hydrogens is 372 g/mol. The van der Waals surface area contributed by atoms with Gasteiger partial charge in [0.05, 0.1) is 0 Å². The molecule has 1 aliphatic carbocycles. The highest BCUT2D eigenvalue weighted by Crippen LogP contribution is 2.52. The summed E-state index contributed by atoms with van der Waals surface area (Å²) in [6.45, 7) is 2.31. The molecule has 0 heterocycles. The highest BCUT2D eigenvalue weighted by molar-refractivity contribution is 9.11. The summed E-state index contributed by atoms with van der Waals surface area (Å²) in [7, 11) is 0. The molecule has 1 aromatic rings. The normalized spacial score (nSPS) is 27.4. The van der Waals surface area contributed by atoms with E-state index in [1.165, 1.54) is 16.5 Å². The van der Waals surface area contributed by atoms with Gasteiger partial charge >= 0.3 is 0 Å². The van der Waals surface area contributed by atoms with Gasteiger partial charge in [0, 0.05) is 13.8 Å². The molecular formula is C11H11Br3. The van der Waals surface area contributed by atoms with Gasteiger partial charge in [-0.1, -0.05) is 54.7 Å². The third-order valence-electron chi connectivity index (χ3n) is 2.80. The Morgan fingerprint density at radius 1 is 1.36 bits per heavy atom. The van der Waals surface area contributed by atoms with Gasteiger partial charge in [-0.3, -0.25) is 0 Å². The maximum Gasteiger partial charge on any atom is 0.0437 e. The van der Waals surface area contributed by atoms with Crippen LogP contribution in [0.3, 0.4) is 0 Å². The molecule has 2 rings (SSSR count). The first-order valence-corrected chi connectivity index (χ1v) is 7.19. The fraction of sp³-hybridized carbons (Fsp3) is 0.455. The van der Waals surface area contributed by atoms with Crippen molar-refractivity contribution in [3.8, 4) is 0 Å². The molecule has 3 heteroatoms. The molecule has 0 nitrogen and oxygen atoms in total. The highest BCUT2D eigenvalue weighted by atomic mass is 79.9. The van der Waals surface area contributed by atoms with Gasteiger partial charge in [0.1, 0.15) is 0 Å². The molecule has 0 bridgehead atoms. The van der Waals surface area contributed by atoms with Gasteiger partial charge in [-0.15, -0.1) is 0 Å². The van der Waals surface area contributed by atoms with E-state index in [2.05, 4.69) is 72.9 Å². The number of halogens is 3. The fourth-order valence-electron chi connectivity index (χ4n) is 1.72. The Kier molecular flexibility index (Phi) is 3.40. The monoisotopic (exact) mass is 380 g/mol. The highest BCUT2D eigenvalue weighted by Gasteiger charge is 2.39. The van der Waals surface area contributed by atoms with Gasteiger partial charge < -0.3 is 0 Å². The van der Waals surface area contributed by atoms with E-state index < -0.39 is 0 Å². The van der Waals surface area contributed by atoms with Crippen LogP contribution in [0.15, 0.2) is 27.1 Å². The lowest BCUT2D eigenvalue weighted by molar-refractivity contribution is 0.738.